The Bertz CT molecular complexity index is 483. The summed E-state index contributed by atoms with van der Waals surface area (Å²) in [5.74, 6) is -0.139. The predicted molar refractivity (Wildman–Crippen MR) is 58.0 cm³/mol. The maximum atomic E-state index is 11.5. The van der Waals surface area contributed by atoms with Crippen LogP contribution in [0.1, 0.15) is 12.8 Å². The molecule has 2 aliphatic heterocycles. The second kappa shape index (κ2) is 3.66. The van der Waals surface area contributed by atoms with Gasteiger partial charge < -0.3 is 4.74 Å². The first-order valence-corrected chi connectivity index (χ1v) is 8.59. The summed E-state index contributed by atoms with van der Waals surface area (Å²) in [7, 11) is -6.67. The van der Waals surface area contributed by atoms with Crippen LogP contribution in [-0.4, -0.2) is 46.8 Å². The van der Waals surface area contributed by atoms with E-state index >= 15 is 0 Å². The second-order valence-corrected chi connectivity index (χ2v) is 8.49. The van der Waals surface area contributed by atoms with Gasteiger partial charge in [-0.2, -0.15) is 0 Å². The summed E-state index contributed by atoms with van der Waals surface area (Å²) in [5.41, 5.74) is -0.523. The van der Waals surface area contributed by atoms with Crippen molar-refractivity contribution in [2.45, 2.75) is 18.9 Å². The lowest BCUT2D eigenvalue weighted by Gasteiger charge is -2.27. The Kier molecular flexibility index (Phi) is 2.81. The van der Waals surface area contributed by atoms with E-state index in [1.165, 1.54) is 0 Å². The van der Waals surface area contributed by atoms with Crippen LogP contribution in [0, 0.1) is 5.41 Å². The van der Waals surface area contributed by atoms with Crippen LogP contribution in [0.5, 0.6) is 0 Å². The highest BCUT2D eigenvalue weighted by atomic mass is 32.2. The third kappa shape index (κ3) is 2.39. The number of sulfonamides is 1. The minimum atomic E-state index is -3.63. The molecule has 2 atom stereocenters. The quantitative estimate of drug-likeness (QED) is 0.683. The Labute approximate surface area is 95.1 Å². The van der Waals surface area contributed by atoms with Gasteiger partial charge in [-0.1, -0.05) is 0 Å². The van der Waals surface area contributed by atoms with Gasteiger partial charge in [0.05, 0.1) is 23.4 Å². The molecule has 2 aliphatic rings. The molecule has 0 bridgehead atoms. The molecule has 2 unspecified atom stereocenters. The first-order chi connectivity index (χ1) is 7.23. The molecule has 2 rings (SSSR count). The van der Waals surface area contributed by atoms with E-state index in [9.17, 15) is 16.8 Å². The number of hydrogen-bond acceptors (Lipinski definition) is 5. The highest BCUT2D eigenvalue weighted by Gasteiger charge is 2.52. The number of hydrogen-bond donors (Lipinski definition) is 1. The lowest BCUT2D eigenvalue weighted by Crippen LogP contribution is -2.39. The van der Waals surface area contributed by atoms with Crippen molar-refractivity contribution in [3.8, 4) is 0 Å². The van der Waals surface area contributed by atoms with E-state index in [4.69, 9.17) is 9.88 Å². The van der Waals surface area contributed by atoms with Gasteiger partial charge >= 0.3 is 0 Å². The topological polar surface area (TPSA) is 104 Å². The molecule has 0 aromatic rings. The fourth-order valence-electron chi connectivity index (χ4n) is 2.57. The standard InChI is InChI=1S/C8H15NO5S2/c9-16(12,13)5-7-8(1-3-14-7)2-4-15(10,11)6-8/h7H,1-6H2,(H2,9,12,13). The van der Waals surface area contributed by atoms with Crippen LogP contribution >= 0.6 is 0 Å². The molecular formula is C8H15NO5S2. The van der Waals surface area contributed by atoms with E-state index in [2.05, 4.69) is 0 Å². The Hall–Kier alpha value is -0.180. The summed E-state index contributed by atoms with van der Waals surface area (Å²) in [5, 5.41) is 4.98. The first-order valence-electron chi connectivity index (χ1n) is 5.05. The van der Waals surface area contributed by atoms with E-state index < -0.39 is 31.4 Å². The van der Waals surface area contributed by atoms with Crippen molar-refractivity contribution in [3.05, 3.63) is 0 Å². The van der Waals surface area contributed by atoms with Crippen LogP contribution in [0.3, 0.4) is 0 Å². The van der Waals surface area contributed by atoms with E-state index in [0.717, 1.165) is 0 Å². The Morgan fingerprint density at radius 3 is 2.56 bits per heavy atom. The molecule has 2 heterocycles. The van der Waals surface area contributed by atoms with Crippen LogP contribution in [0.2, 0.25) is 0 Å². The summed E-state index contributed by atoms with van der Waals surface area (Å²) in [6, 6.07) is 0. The molecule has 0 aliphatic carbocycles. The molecule has 0 radical (unpaired) electrons. The van der Waals surface area contributed by atoms with Gasteiger partial charge in [-0.05, 0) is 12.8 Å². The highest BCUT2D eigenvalue weighted by Crippen LogP contribution is 2.44. The number of primary sulfonamides is 1. The molecule has 6 nitrogen and oxygen atoms in total. The van der Waals surface area contributed by atoms with Crippen LogP contribution < -0.4 is 5.14 Å². The summed E-state index contributed by atoms with van der Waals surface area (Å²) in [6.07, 6.45) is 0.516. The average Bonchev–Trinajstić information content (AvgIpc) is 2.56. The van der Waals surface area contributed by atoms with Crippen molar-refractivity contribution in [1.29, 1.82) is 0 Å². The maximum absolute atomic E-state index is 11.5. The van der Waals surface area contributed by atoms with E-state index in [-0.39, 0.29) is 17.3 Å². The molecule has 0 aromatic heterocycles. The molecule has 94 valence electrons. The number of sulfone groups is 1. The molecule has 2 fully saturated rings. The van der Waals surface area contributed by atoms with E-state index in [1.807, 2.05) is 0 Å². The molecule has 0 saturated carbocycles. The smallest absolute Gasteiger partial charge is 0.211 e. The zero-order valence-corrected chi connectivity index (χ0v) is 10.4. The zero-order chi connectivity index (χ0) is 12.0. The molecule has 0 aromatic carbocycles. The van der Waals surface area contributed by atoms with Crippen molar-refractivity contribution in [3.63, 3.8) is 0 Å². The van der Waals surface area contributed by atoms with Gasteiger partial charge in [0.2, 0.25) is 10.0 Å². The maximum Gasteiger partial charge on any atom is 0.211 e. The first kappa shape index (κ1) is 12.3. The minimum absolute atomic E-state index is 0.0280. The Morgan fingerprint density at radius 1 is 1.38 bits per heavy atom. The van der Waals surface area contributed by atoms with Crippen molar-refractivity contribution in [1.82, 2.24) is 0 Å². The van der Waals surface area contributed by atoms with Gasteiger partial charge in [0.1, 0.15) is 0 Å². The molecular weight excluding hydrogens is 254 g/mol. The van der Waals surface area contributed by atoms with Crippen LogP contribution in [0.4, 0.5) is 0 Å². The predicted octanol–water partition coefficient (Wildman–Crippen LogP) is -1.13. The van der Waals surface area contributed by atoms with Crippen molar-refractivity contribution >= 4 is 19.9 Å². The van der Waals surface area contributed by atoms with Crippen molar-refractivity contribution in [2.24, 2.45) is 10.6 Å². The third-order valence-corrected chi connectivity index (χ3v) is 6.01. The average molecular weight is 269 g/mol. The molecule has 1 spiro atoms. The summed E-state index contributed by atoms with van der Waals surface area (Å²) < 4.78 is 50.3. The fraction of sp³-hybridized carbons (Fsp3) is 1.00. The lowest BCUT2D eigenvalue weighted by molar-refractivity contribution is 0.0774. The molecule has 2 saturated heterocycles. The summed E-state index contributed by atoms with van der Waals surface area (Å²) >= 11 is 0. The van der Waals surface area contributed by atoms with Gasteiger partial charge in [-0.3, -0.25) is 0 Å². The molecule has 0 amide bonds. The fourth-order valence-corrected chi connectivity index (χ4v) is 5.65. The van der Waals surface area contributed by atoms with Gasteiger partial charge in [-0.15, -0.1) is 0 Å². The summed E-state index contributed by atoms with van der Waals surface area (Å²) in [6.45, 7) is 0.412. The van der Waals surface area contributed by atoms with Crippen molar-refractivity contribution in [2.75, 3.05) is 23.9 Å². The van der Waals surface area contributed by atoms with E-state index in [0.29, 0.717) is 19.4 Å². The molecule has 2 N–H and O–H groups in total. The highest BCUT2D eigenvalue weighted by molar-refractivity contribution is 7.91. The van der Waals surface area contributed by atoms with Gasteiger partial charge in [0, 0.05) is 12.0 Å². The Balaban J connectivity index is 2.22. The zero-order valence-electron chi connectivity index (χ0n) is 8.76. The monoisotopic (exact) mass is 269 g/mol. The minimum Gasteiger partial charge on any atom is -0.376 e. The second-order valence-electron chi connectivity index (χ2n) is 4.64. The van der Waals surface area contributed by atoms with Gasteiger partial charge in [0.15, 0.2) is 9.84 Å². The van der Waals surface area contributed by atoms with Crippen LogP contribution in [-0.2, 0) is 24.6 Å². The van der Waals surface area contributed by atoms with Crippen molar-refractivity contribution < 1.29 is 21.6 Å². The normalized spacial score (nSPS) is 38.2. The molecule has 16 heavy (non-hydrogen) atoms. The third-order valence-electron chi connectivity index (χ3n) is 3.40. The van der Waals surface area contributed by atoms with Crippen LogP contribution in [0.25, 0.3) is 0 Å². The van der Waals surface area contributed by atoms with Gasteiger partial charge in [0.25, 0.3) is 0 Å². The number of rotatable bonds is 2. The summed E-state index contributed by atoms with van der Waals surface area (Å²) in [4.78, 5) is 0. The molecule has 8 heteroatoms. The van der Waals surface area contributed by atoms with Gasteiger partial charge in [-0.25, -0.2) is 22.0 Å². The SMILES string of the molecule is NS(=O)(=O)CC1OCCC12CCS(=O)(=O)C2. The van der Waals surface area contributed by atoms with Crippen LogP contribution in [0.15, 0.2) is 0 Å². The van der Waals surface area contributed by atoms with E-state index in [1.54, 1.807) is 0 Å². The largest absolute Gasteiger partial charge is 0.376 e. The Morgan fingerprint density at radius 2 is 2.06 bits per heavy atom. The number of ether oxygens (including phenoxy) is 1. The number of nitrogens with two attached hydrogens (primary N) is 1. The lowest BCUT2D eigenvalue weighted by atomic mass is 9.81.